The number of aromatic nitrogens is 1. The van der Waals surface area contributed by atoms with Gasteiger partial charge in [0, 0.05) is 35.1 Å². The van der Waals surface area contributed by atoms with E-state index in [4.69, 9.17) is 4.74 Å². The maximum Gasteiger partial charge on any atom is 0.407 e. The summed E-state index contributed by atoms with van der Waals surface area (Å²) >= 11 is 0. The molecular weight excluding hydrogens is 348 g/mol. The maximum absolute atomic E-state index is 11.7. The van der Waals surface area contributed by atoms with Crippen molar-refractivity contribution in [3.63, 3.8) is 0 Å². The molecule has 142 valence electrons. The number of ether oxygens (including phenoxy) is 1. The van der Waals surface area contributed by atoms with Crippen molar-refractivity contribution in [1.82, 2.24) is 10.3 Å². The van der Waals surface area contributed by atoms with Crippen molar-refractivity contribution in [2.45, 2.75) is 38.7 Å². The van der Waals surface area contributed by atoms with Crippen LogP contribution in [0, 0.1) is 11.8 Å². The van der Waals surface area contributed by atoms with Crippen LogP contribution in [-0.2, 0) is 24.2 Å². The van der Waals surface area contributed by atoms with E-state index < -0.39 is 6.09 Å². The topological polar surface area (TPSA) is 54.1 Å². The summed E-state index contributed by atoms with van der Waals surface area (Å²) < 4.78 is 5.18. The molecule has 28 heavy (non-hydrogen) atoms. The number of aromatic amines is 1. The van der Waals surface area contributed by atoms with Crippen molar-refractivity contribution in [1.29, 1.82) is 0 Å². The summed E-state index contributed by atoms with van der Waals surface area (Å²) in [5.74, 6) is 6.35. The van der Waals surface area contributed by atoms with Crippen LogP contribution in [0.1, 0.15) is 41.6 Å². The van der Waals surface area contributed by atoms with Gasteiger partial charge in [0.2, 0.25) is 0 Å². The minimum atomic E-state index is -0.411. The van der Waals surface area contributed by atoms with E-state index in [0.717, 1.165) is 24.0 Å². The largest absolute Gasteiger partial charge is 0.445 e. The Kier molecular flexibility index (Phi) is 5.63. The fraction of sp³-hybridized carbons (Fsp3) is 0.292. The lowest BCUT2D eigenvalue weighted by Gasteiger charge is -2.10. The standard InChI is InChI=1S/C24H24N2O2/c27-24(28-17-19-9-2-1-3-10-19)25-15-7-6-8-18-13-14-23-21(16-18)20-11-4-5-12-22(20)26-23/h1-3,9-10,13-14,16,26H,4-5,7,11-12,15,17H2,(H,25,27). The van der Waals surface area contributed by atoms with E-state index >= 15 is 0 Å². The van der Waals surface area contributed by atoms with E-state index in [1.54, 1.807) is 0 Å². The molecule has 0 saturated heterocycles. The third kappa shape index (κ3) is 4.37. The van der Waals surface area contributed by atoms with Gasteiger partial charge in [0.25, 0.3) is 0 Å². The third-order valence-corrected chi connectivity index (χ3v) is 5.06. The summed E-state index contributed by atoms with van der Waals surface area (Å²) in [6.45, 7) is 0.752. The summed E-state index contributed by atoms with van der Waals surface area (Å²) in [5, 5.41) is 4.05. The highest BCUT2D eigenvalue weighted by Crippen LogP contribution is 2.29. The van der Waals surface area contributed by atoms with Crippen LogP contribution < -0.4 is 5.32 Å². The van der Waals surface area contributed by atoms with E-state index in [2.05, 4.69) is 40.3 Å². The van der Waals surface area contributed by atoms with Gasteiger partial charge < -0.3 is 15.0 Å². The number of carbonyl (C=O) groups excluding carboxylic acids is 1. The molecule has 1 aromatic heterocycles. The number of amides is 1. The van der Waals surface area contributed by atoms with Crippen molar-refractivity contribution in [2.75, 3.05) is 6.54 Å². The molecule has 0 saturated carbocycles. The highest BCUT2D eigenvalue weighted by molar-refractivity contribution is 5.86. The summed E-state index contributed by atoms with van der Waals surface area (Å²) in [5.41, 5.74) is 6.06. The van der Waals surface area contributed by atoms with Gasteiger partial charge in [-0.25, -0.2) is 4.79 Å². The molecule has 0 spiro atoms. The molecule has 1 heterocycles. The SMILES string of the molecule is O=C(NCCC#Cc1ccc2[nH]c3c(c2c1)CCCC3)OCc1ccccc1. The van der Waals surface area contributed by atoms with Crippen LogP contribution in [0.5, 0.6) is 0 Å². The zero-order valence-corrected chi connectivity index (χ0v) is 15.9. The summed E-state index contributed by atoms with van der Waals surface area (Å²) in [6, 6.07) is 16.0. The van der Waals surface area contributed by atoms with Crippen molar-refractivity contribution < 1.29 is 9.53 Å². The van der Waals surface area contributed by atoms with Crippen molar-refractivity contribution in [3.05, 3.63) is 70.9 Å². The van der Waals surface area contributed by atoms with Gasteiger partial charge in [-0.05, 0) is 55.0 Å². The van der Waals surface area contributed by atoms with E-state index in [1.807, 2.05) is 30.3 Å². The van der Waals surface area contributed by atoms with Gasteiger partial charge >= 0.3 is 6.09 Å². The zero-order chi connectivity index (χ0) is 19.2. The lowest BCUT2D eigenvalue weighted by atomic mass is 9.95. The number of hydrogen-bond acceptors (Lipinski definition) is 2. The quantitative estimate of drug-likeness (QED) is 0.514. The van der Waals surface area contributed by atoms with Crippen LogP contribution in [0.3, 0.4) is 0 Å². The first kappa shape index (κ1) is 18.2. The number of alkyl carbamates (subject to hydrolysis) is 1. The molecule has 1 aliphatic carbocycles. The van der Waals surface area contributed by atoms with E-state index in [-0.39, 0.29) is 6.61 Å². The molecule has 4 heteroatoms. The van der Waals surface area contributed by atoms with Crippen LogP contribution in [0.25, 0.3) is 10.9 Å². The highest BCUT2D eigenvalue weighted by atomic mass is 16.5. The van der Waals surface area contributed by atoms with Crippen LogP contribution in [-0.4, -0.2) is 17.6 Å². The van der Waals surface area contributed by atoms with Crippen molar-refractivity contribution in [3.8, 4) is 11.8 Å². The van der Waals surface area contributed by atoms with Crippen molar-refractivity contribution in [2.24, 2.45) is 0 Å². The maximum atomic E-state index is 11.7. The molecule has 1 aliphatic rings. The molecule has 2 aromatic carbocycles. The van der Waals surface area contributed by atoms with Crippen LogP contribution in [0.15, 0.2) is 48.5 Å². The van der Waals surface area contributed by atoms with Gasteiger partial charge in [-0.2, -0.15) is 0 Å². The predicted octanol–water partition coefficient (Wildman–Crippen LogP) is 4.71. The number of aryl methyl sites for hydroxylation is 2. The molecule has 4 rings (SSSR count). The molecule has 3 aromatic rings. The Morgan fingerprint density at radius 3 is 2.86 bits per heavy atom. The lowest BCUT2D eigenvalue weighted by Crippen LogP contribution is -2.24. The minimum Gasteiger partial charge on any atom is -0.445 e. The fourth-order valence-electron chi connectivity index (χ4n) is 3.65. The number of fused-ring (bicyclic) bond motifs is 3. The number of benzene rings is 2. The first-order chi connectivity index (χ1) is 13.8. The summed E-state index contributed by atoms with van der Waals surface area (Å²) in [6.07, 6.45) is 5.02. The molecule has 1 amide bonds. The number of hydrogen-bond donors (Lipinski definition) is 2. The average molecular weight is 372 g/mol. The van der Waals surface area contributed by atoms with Gasteiger partial charge in [0.05, 0.1) is 0 Å². The second kappa shape index (κ2) is 8.67. The molecule has 0 radical (unpaired) electrons. The van der Waals surface area contributed by atoms with E-state index in [1.165, 1.54) is 35.0 Å². The normalized spacial score (nSPS) is 12.7. The minimum absolute atomic E-state index is 0.277. The van der Waals surface area contributed by atoms with E-state index in [0.29, 0.717) is 13.0 Å². The average Bonchev–Trinajstić information content (AvgIpc) is 3.11. The van der Waals surface area contributed by atoms with Gasteiger partial charge in [0.1, 0.15) is 6.61 Å². The Bertz CT molecular complexity index is 1030. The Labute approximate surface area is 165 Å². The molecule has 4 nitrogen and oxygen atoms in total. The fourth-order valence-corrected chi connectivity index (χ4v) is 3.65. The van der Waals surface area contributed by atoms with Gasteiger partial charge in [0.15, 0.2) is 0 Å². The second-order valence-corrected chi connectivity index (χ2v) is 7.09. The smallest absolute Gasteiger partial charge is 0.407 e. The molecule has 0 unspecified atom stereocenters. The molecule has 2 N–H and O–H groups in total. The predicted molar refractivity (Wildman–Crippen MR) is 111 cm³/mol. The monoisotopic (exact) mass is 372 g/mol. The molecule has 0 bridgehead atoms. The van der Waals surface area contributed by atoms with Crippen LogP contribution in [0.4, 0.5) is 4.79 Å². The molecule has 0 atom stereocenters. The van der Waals surface area contributed by atoms with Crippen LogP contribution >= 0.6 is 0 Å². The highest BCUT2D eigenvalue weighted by Gasteiger charge is 2.15. The number of H-pyrrole nitrogens is 1. The van der Waals surface area contributed by atoms with Crippen LogP contribution in [0.2, 0.25) is 0 Å². The molecule has 0 aliphatic heterocycles. The summed E-state index contributed by atoms with van der Waals surface area (Å²) in [7, 11) is 0. The Balaban J connectivity index is 1.27. The van der Waals surface area contributed by atoms with Gasteiger partial charge in [-0.3, -0.25) is 0 Å². The lowest BCUT2D eigenvalue weighted by molar-refractivity contribution is 0.140. The van der Waals surface area contributed by atoms with E-state index in [9.17, 15) is 4.79 Å². The number of rotatable bonds is 4. The number of carbonyl (C=O) groups is 1. The first-order valence-electron chi connectivity index (χ1n) is 9.86. The first-order valence-corrected chi connectivity index (χ1v) is 9.86. The third-order valence-electron chi connectivity index (χ3n) is 5.06. The molecular formula is C24H24N2O2. The Morgan fingerprint density at radius 1 is 1.11 bits per heavy atom. The molecule has 0 fully saturated rings. The zero-order valence-electron chi connectivity index (χ0n) is 15.9. The second-order valence-electron chi connectivity index (χ2n) is 7.09. The Morgan fingerprint density at radius 2 is 1.96 bits per heavy atom. The number of nitrogens with one attached hydrogen (secondary N) is 2. The van der Waals surface area contributed by atoms with Gasteiger partial charge in [-0.1, -0.05) is 42.2 Å². The Hall–Kier alpha value is -3.19. The van der Waals surface area contributed by atoms with Crippen molar-refractivity contribution >= 4 is 17.0 Å². The van der Waals surface area contributed by atoms with Gasteiger partial charge in [-0.15, -0.1) is 0 Å². The summed E-state index contributed by atoms with van der Waals surface area (Å²) in [4.78, 5) is 15.3.